The van der Waals surface area contributed by atoms with E-state index in [0.29, 0.717) is 19.6 Å². The Hall–Kier alpha value is -2.44. The second-order valence-corrected chi connectivity index (χ2v) is 9.44. The van der Waals surface area contributed by atoms with E-state index in [1.165, 1.54) is 0 Å². The van der Waals surface area contributed by atoms with Crippen LogP contribution in [0.5, 0.6) is 0 Å². The van der Waals surface area contributed by atoms with E-state index >= 15 is 0 Å². The second kappa shape index (κ2) is 7.76. The Labute approximate surface area is 171 Å². The zero-order valence-electron chi connectivity index (χ0n) is 17.6. The number of nitrogens with zero attached hydrogens (tertiary/aromatic N) is 4. The van der Waals surface area contributed by atoms with E-state index in [0.717, 1.165) is 49.2 Å². The lowest BCUT2D eigenvalue weighted by Gasteiger charge is -2.38. The van der Waals surface area contributed by atoms with Gasteiger partial charge in [-0.15, -0.1) is 0 Å². The summed E-state index contributed by atoms with van der Waals surface area (Å²) in [4.78, 5) is 41.9. The molecule has 2 aromatic rings. The standard InChI is InChI=1S/C22H31N5O2/c1-22(2,3)21(29)26-12-8-15(9-13-26)20(28)27-11-5-6-16(14-27)18-24-17-7-4-10-23-19(17)25-18/h4,7,10,15-16H,5-6,8-9,11-14H2,1-3H3,(H,23,24,25). The number of nitrogens with one attached hydrogen (secondary N) is 1. The average Bonchev–Trinajstić information content (AvgIpc) is 3.16. The summed E-state index contributed by atoms with van der Waals surface area (Å²) in [6, 6.07) is 3.88. The van der Waals surface area contributed by atoms with Gasteiger partial charge in [0.2, 0.25) is 11.8 Å². The Morgan fingerprint density at radius 2 is 1.86 bits per heavy atom. The summed E-state index contributed by atoms with van der Waals surface area (Å²) in [6.45, 7) is 8.74. The van der Waals surface area contributed by atoms with E-state index in [1.54, 1.807) is 6.20 Å². The number of aromatic nitrogens is 3. The van der Waals surface area contributed by atoms with Gasteiger partial charge < -0.3 is 14.8 Å². The summed E-state index contributed by atoms with van der Waals surface area (Å²) in [5, 5.41) is 0. The number of pyridine rings is 1. The fourth-order valence-corrected chi connectivity index (χ4v) is 4.52. The van der Waals surface area contributed by atoms with Gasteiger partial charge in [0.05, 0.1) is 5.52 Å². The number of hydrogen-bond donors (Lipinski definition) is 1. The highest BCUT2D eigenvalue weighted by molar-refractivity contribution is 5.83. The fraction of sp³-hybridized carbons (Fsp3) is 0.636. The molecule has 2 aliphatic rings. The van der Waals surface area contributed by atoms with Crippen molar-refractivity contribution in [2.75, 3.05) is 26.2 Å². The van der Waals surface area contributed by atoms with Gasteiger partial charge in [0, 0.05) is 49.6 Å². The van der Waals surface area contributed by atoms with E-state index in [1.807, 2.05) is 42.7 Å². The predicted molar refractivity (Wildman–Crippen MR) is 111 cm³/mol. The van der Waals surface area contributed by atoms with Crippen LogP contribution in [0.4, 0.5) is 0 Å². The Kier molecular flexibility index (Phi) is 5.32. The highest BCUT2D eigenvalue weighted by Crippen LogP contribution is 2.30. The van der Waals surface area contributed by atoms with Crippen molar-refractivity contribution in [2.24, 2.45) is 11.3 Å². The van der Waals surface area contributed by atoms with Crippen molar-refractivity contribution in [3.63, 3.8) is 0 Å². The van der Waals surface area contributed by atoms with Crippen LogP contribution in [-0.4, -0.2) is 62.7 Å². The first kappa shape index (κ1) is 19.9. The van der Waals surface area contributed by atoms with Crippen molar-refractivity contribution in [1.82, 2.24) is 24.8 Å². The predicted octanol–water partition coefficient (Wildman–Crippen LogP) is 2.95. The summed E-state index contributed by atoms with van der Waals surface area (Å²) in [6.07, 6.45) is 5.29. The highest BCUT2D eigenvalue weighted by Gasteiger charge is 2.35. The third kappa shape index (κ3) is 4.14. The van der Waals surface area contributed by atoms with Gasteiger partial charge >= 0.3 is 0 Å². The normalized spacial score (nSPS) is 21.6. The maximum atomic E-state index is 13.2. The molecule has 0 spiro atoms. The first-order valence-electron chi connectivity index (χ1n) is 10.7. The van der Waals surface area contributed by atoms with Crippen molar-refractivity contribution in [2.45, 2.75) is 52.4 Å². The van der Waals surface area contributed by atoms with Crippen LogP contribution < -0.4 is 0 Å². The quantitative estimate of drug-likeness (QED) is 0.845. The topological polar surface area (TPSA) is 82.2 Å². The lowest BCUT2D eigenvalue weighted by molar-refractivity contribution is -0.145. The van der Waals surface area contributed by atoms with Crippen LogP contribution in [0.25, 0.3) is 11.2 Å². The number of fused-ring (bicyclic) bond motifs is 1. The summed E-state index contributed by atoms with van der Waals surface area (Å²) in [5.74, 6) is 1.60. The molecule has 29 heavy (non-hydrogen) atoms. The molecule has 0 saturated carbocycles. The maximum Gasteiger partial charge on any atom is 0.227 e. The van der Waals surface area contributed by atoms with Crippen LogP contribution in [0.3, 0.4) is 0 Å². The molecule has 1 atom stereocenters. The SMILES string of the molecule is CC(C)(C)C(=O)N1CCC(C(=O)N2CCCC(c3nc4ncccc4[nH]3)C2)CC1. The maximum absolute atomic E-state index is 13.2. The summed E-state index contributed by atoms with van der Waals surface area (Å²) < 4.78 is 0. The van der Waals surface area contributed by atoms with Crippen LogP contribution in [0.1, 0.15) is 58.2 Å². The number of H-pyrrole nitrogens is 1. The minimum absolute atomic E-state index is 0.0232. The molecule has 1 unspecified atom stereocenters. The largest absolute Gasteiger partial charge is 0.342 e. The Morgan fingerprint density at radius 3 is 2.55 bits per heavy atom. The summed E-state index contributed by atoms with van der Waals surface area (Å²) in [7, 11) is 0. The third-order valence-electron chi connectivity index (χ3n) is 6.17. The van der Waals surface area contributed by atoms with Gasteiger partial charge in [-0.3, -0.25) is 9.59 Å². The Balaban J connectivity index is 1.37. The van der Waals surface area contributed by atoms with Crippen LogP contribution in [0.2, 0.25) is 0 Å². The third-order valence-corrected chi connectivity index (χ3v) is 6.17. The van der Waals surface area contributed by atoms with Gasteiger partial charge in [-0.1, -0.05) is 20.8 Å². The van der Waals surface area contributed by atoms with Gasteiger partial charge in [0.15, 0.2) is 5.65 Å². The molecule has 7 nitrogen and oxygen atoms in total. The molecule has 0 bridgehead atoms. The van der Waals surface area contributed by atoms with Crippen molar-refractivity contribution in [1.29, 1.82) is 0 Å². The molecule has 2 fully saturated rings. The molecule has 2 saturated heterocycles. The molecular weight excluding hydrogens is 366 g/mol. The minimum atomic E-state index is -0.363. The number of aromatic amines is 1. The monoisotopic (exact) mass is 397 g/mol. The fourth-order valence-electron chi connectivity index (χ4n) is 4.52. The molecule has 0 radical (unpaired) electrons. The molecular formula is C22H31N5O2. The van der Waals surface area contributed by atoms with Crippen molar-refractivity contribution in [3.8, 4) is 0 Å². The van der Waals surface area contributed by atoms with Crippen molar-refractivity contribution < 1.29 is 9.59 Å². The van der Waals surface area contributed by atoms with E-state index in [9.17, 15) is 9.59 Å². The van der Waals surface area contributed by atoms with Crippen LogP contribution in [0, 0.1) is 11.3 Å². The van der Waals surface area contributed by atoms with E-state index in [4.69, 9.17) is 0 Å². The van der Waals surface area contributed by atoms with E-state index in [2.05, 4.69) is 15.0 Å². The van der Waals surface area contributed by atoms with Gasteiger partial charge in [-0.2, -0.15) is 0 Å². The Bertz CT molecular complexity index is 859. The summed E-state index contributed by atoms with van der Waals surface area (Å²) >= 11 is 0. The first-order chi connectivity index (χ1) is 13.8. The number of carbonyl (C=O) groups excluding carboxylic acids is 2. The number of hydrogen-bond acceptors (Lipinski definition) is 4. The Morgan fingerprint density at radius 1 is 1.10 bits per heavy atom. The van der Waals surface area contributed by atoms with Gasteiger partial charge in [0.1, 0.15) is 5.82 Å². The molecule has 7 heteroatoms. The molecule has 2 aromatic heterocycles. The molecule has 0 aromatic carbocycles. The molecule has 4 rings (SSSR count). The molecule has 2 aliphatic heterocycles. The molecule has 4 heterocycles. The molecule has 0 aliphatic carbocycles. The first-order valence-corrected chi connectivity index (χ1v) is 10.7. The molecule has 156 valence electrons. The van der Waals surface area contributed by atoms with Crippen LogP contribution in [0.15, 0.2) is 18.3 Å². The van der Waals surface area contributed by atoms with Gasteiger partial charge in [0.25, 0.3) is 0 Å². The zero-order chi connectivity index (χ0) is 20.6. The van der Waals surface area contributed by atoms with E-state index in [-0.39, 0.29) is 29.1 Å². The number of rotatable bonds is 2. The van der Waals surface area contributed by atoms with Crippen molar-refractivity contribution >= 4 is 23.0 Å². The van der Waals surface area contributed by atoms with Crippen molar-refractivity contribution in [3.05, 3.63) is 24.2 Å². The lowest BCUT2D eigenvalue weighted by Crippen LogP contribution is -2.48. The number of imidazole rings is 1. The van der Waals surface area contributed by atoms with E-state index < -0.39 is 0 Å². The number of likely N-dealkylation sites (tertiary alicyclic amines) is 2. The number of amides is 2. The number of piperidine rings is 2. The molecule has 2 amide bonds. The number of carbonyl (C=O) groups is 2. The van der Waals surface area contributed by atoms with Gasteiger partial charge in [-0.25, -0.2) is 9.97 Å². The van der Waals surface area contributed by atoms with Crippen LogP contribution in [-0.2, 0) is 9.59 Å². The highest BCUT2D eigenvalue weighted by atomic mass is 16.2. The second-order valence-electron chi connectivity index (χ2n) is 9.44. The van der Waals surface area contributed by atoms with Gasteiger partial charge in [-0.05, 0) is 37.8 Å². The molecule has 1 N–H and O–H groups in total. The summed E-state index contributed by atoms with van der Waals surface area (Å²) in [5.41, 5.74) is 1.32. The smallest absolute Gasteiger partial charge is 0.227 e. The zero-order valence-corrected chi connectivity index (χ0v) is 17.6. The lowest BCUT2D eigenvalue weighted by atomic mass is 9.89. The minimum Gasteiger partial charge on any atom is -0.342 e. The van der Waals surface area contributed by atoms with Crippen LogP contribution >= 0.6 is 0 Å². The average molecular weight is 398 g/mol.